The lowest BCUT2D eigenvalue weighted by Gasteiger charge is -2.14. The number of hydrogen-bond donors (Lipinski definition) is 1. The van der Waals surface area contributed by atoms with Crippen LogP contribution in [0.2, 0.25) is 0 Å². The van der Waals surface area contributed by atoms with Crippen LogP contribution in [-0.4, -0.2) is 16.2 Å². The minimum atomic E-state index is -0.225. The highest BCUT2D eigenvalue weighted by Gasteiger charge is 2.19. The maximum atomic E-state index is 9.42. The van der Waals surface area contributed by atoms with E-state index in [9.17, 15) is 5.11 Å². The van der Waals surface area contributed by atoms with Crippen LogP contribution in [0.15, 0.2) is 17.0 Å². The zero-order valence-corrected chi connectivity index (χ0v) is 11.0. The number of aliphatic hydroxyl groups excluding tert-OH is 1. The third kappa shape index (κ3) is 2.71. The average molecular weight is 237 g/mol. The van der Waals surface area contributed by atoms with Gasteiger partial charge in [-0.2, -0.15) is 0 Å². The summed E-state index contributed by atoms with van der Waals surface area (Å²) < 4.78 is 0. The number of rotatable bonds is 2. The fraction of sp³-hybridized carbons (Fsp3) is 0.615. The van der Waals surface area contributed by atoms with Gasteiger partial charge in [0.2, 0.25) is 0 Å². The smallest absolute Gasteiger partial charge is 0.0969 e. The Morgan fingerprint density at radius 1 is 1.50 bits per heavy atom. The Morgan fingerprint density at radius 3 is 2.75 bits per heavy atom. The third-order valence-corrected chi connectivity index (χ3v) is 3.74. The van der Waals surface area contributed by atoms with E-state index in [1.54, 1.807) is 11.3 Å². The Balaban J connectivity index is 2.06. The summed E-state index contributed by atoms with van der Waals surface area (Å²) >= 11 is 1.73. The SMILES string of the molecule is CC(C)(C)c1csc(CC2=CC(O)CC2)n1. The molecule has 0 bridgehead atoms. The summed E-state index contributed by atoms with van der Waals surface area (Å²) in [6.07, 6.45) is 4.58. The maximum absolute atomic E-state index is 9.42. The van der Waals surface area contributed by atoms with Crippen molar-refractivity contribution in [3.05, 3.63) is 27.7 Å². The molecule has 1 N–H and O–H groups in total. The Labute approximate surface area is 101 Å². The highest BCUT2D eigenvalue weighted by Crippen LogP contribution is 2.27. The average Bonchev–Trinajstić information content (AvgIpc) is 2.74. The predicted molar refractivity (Wildman–Crippen MR) is 67.8 cm³/mol. The van der Waals surface area contributed by atoms with Gasteiger partial charge in [-0.15, -0.1) is 11.3 Å². The molecule has 0 radical (unpaired) electrons. The number of thiazole rings is 1. The second kappa shape index (κ2) is 4.30. The summed E-state index contributed by atoms with van der Waals surface area (Å²) in [7, 11) is 0. The topological polar surface area (TPSA) is 33.1 Å². The van der Waals surface area contributed by atoms with Crippen molar-refractivity contribution in [2.24, 2.45) is 0 Å². The minimum Gasteiger partial charge on any atom is -0.389 e. The van der Waals surface area contributed by atoms with Gasteiger partial charge in [0.1, 0.15) is 0 Å². The lowest BCUT2D eigenvalue weighted by molar-refractivity contribution is 0.223. The molecule has 16 heavy (non-hydrogen) atoms. The molecule has 1 aromatic rings. The molecular weight excluding hydrogens is 218 g/mol. The summed E-state index contributed by atoms with van der Waals surface area (Å²) in [5.41, 5.74) is 2.65. The first-order valence-corrected chi connectivity index (χ1v) is 6.65. The zero-order chi connectivity index (χ0) is 11.8. The highest BCUT2D eigenvalue weighted by atomic mass is 32.1. The van der Waals surface area contributed by atoms with Gasteiger partial charge in [-0.05, 0) is 12.8 Å². The van der Waals surface area contributed by atoms with Crippen LogP contribution in [0.25, 0.3) is 0 Å². The van der Waals surface area contributed by atoms with Crippen molar-refractivity contribution in [2.45, 2.75) is 51.6 Å². The lowest BCUT2D eigenvalue weighted by atomic mass is 9.93. The third-order valence-electron chi connectivity index (χ3n) is 2.89. The molecule has 1 atom stereocenters. The van der Waals surface area contributed by atoms with Crippen molar-refractivity contribution < 1.29 is 5.11 Å². The van der Waals surface area contributed by atoms with E-state index in [1.165, 1.54) is 16.3 Å². The Kier molecular flexibility index (Phi) is 3.17. The van der Waals surface area contributed by atoms with Crippen molar-refractivity contribution in [2.75, 3.05) is 0 Å². The van der Waals surface area contributed by atoms with E-state index in [2.05, 4.69) is 31.1 Å². The van der Waals surface area contributed by atoms with Crippen LogP contribution in [0, 0.1) is 0 Å². The fourth-order valence-electron chi connectivity index (χ4n) is 1.85. The first kappa shape index (κ1) is 11.8. The van der Waals surface area contributed by atoms with Gasteiger partial charge < -0.3 is 5.11 Å². The Morgan fingerprint density at radius 2 is 2.25 bits per heavy atom. The van der Waals surface area contributed by atoms with E-state index in [1.807, 2.05) is 6.08 Å². The first-order valence-electron chi connectivity index (χ1n) is 5.77. The number of aromatic nitrogens is 1. The summed E-state index contributed by atoms with van der Waals surface area (Å²) in [6, 6.07) is 0. The second-order valence-corrected chi connectivity index (χ2v) is 6.43. The van der Waals surface area contributed by atoms with E-state index >= 15 is 0 Å². The van der Waals surface area contributed by atoms with Crippen LogP contribution < -0.4 is 0 Å². The molecule has 0 saturated heterocycles. The van der Waals surface area contributed by atoms with Gasteiger partial charge in [0.25, 0.3) is 0 Å². The summed E-state index contributed by atoms with van der Waals surface area (Å²) in [5.74, 6) is 0. The van der Waals surface area contributed by atoms with Crippen molar-refractivity contribution in [3.8, 4) is 0 Å². The molecule has 0 amide bonds. The monoisotopic (exact) mass is 237 g/mol. The molecule has 0 aromatic carbocycles. The van der Waals surface area contributed by atoms with Crippen molar-refractivity contribution in [1.29, 1.82) is 0 Å². The number of allylic oxidation sites excluding steroid dienone is 1. The molecule has 2 nitrogen and oxygen atoms in total. The molecule has 1 unspecified atom stereocenters. The van der Waals surface area contributed by atoms with Crippen LogP contribution in [0.5, 0.6) is 0 Å². The van der Waals surface area contributed by atoms with Gasteiger partial charge >= 0.3 is 0 Å². The van der Waals surface area contributed by atoms with E-state index in [4.69, 9.17) is 0 Å². The fourth-order valence-corrected chi connectivity index (χ4v) is 2.92. The van der Waals surface area contributed by atoms with Gasteiger partial charge in [0.05, 0.1) is 16.8 Å². The standard InChI is InChI=1S/C13H19NOS/c1-13(2,3)11-8-16-12(14-11)7-9-4-5-10(15)6-9/h6,8,10,15H,4-5,7H2,1-3H3. The van der Waals surface area contributed by atoms with Crippen LogP contribution in [0.3, 0.4) is 0 Å². The maximum Gasteiger partial charge on any atom is 0.0969 e. The largest absolute Gasteiger partial charge is 0.389 e. The van der Waals surface area contributed by atoms with Crippen LogP contribution in [0.1, 0.15) is 44.3 Å². The number of aliphatic hydroxyl groups is 1. The number of hydrogen-bond acceptors (Lipinski definition) is 3. The Hall–Kier alpha value is -0.670. The molecule has 2 rings (SSSR count). The van der Waals surface area contributed by atoms with E-state index < -0.39 is 0 Å². The van der Waals surface area contributed by atoms with Crippen molar-refractivity contribution in [1.82, 2.24) is 4.98 Å². The van der Waals surface area contributed by atoms with E-state index in [0.29, 0.717) is 0 Å². The van der Waals surface area contributed by atoms with Crippen molar-refractivity contribution >= 4 is 11.3 Å². The zero-order valence-electron chi connectivity index (χ0n) is 10.2. The molecule has 0 spiro atoms. The minimum absolute atomic E-state index is 0.137. The van der Waals surface area contributed by atoms with E-state index in [-0.39, 0.29) is 11.5 Å². The first-order chi connectivity index (χ1) is 7.45. The van der Waals surface area contributed by atoms with Gasteiger partial charge in [0.15, 0.2) is 0 Å². The van der Waals surface area contributed by atoms with E-state index in [0.717, 1.165) is 19.3 Å². The quantitative estimate of drug-likeness (QED) is 0.802. The van der Waals surface area contributed by atoms with Crippen molar-refractivity contribution in [3.63, 3.8) is 0 Å². The second-order valence-electron chi connectivity index (χ2n) is 5.48. The molecule has 0 saturated carbocycles. The molecular formula is C13H19NOS. The van der Waals surface area contributed by atoms with Crippen LogP contribution in [0.4, 0.5) is 0 Å². The number of nitrogens with zero attached hydrogens (tertiary/aromatic N) is 1. The molecule has 0 fully saturated rings. The summed E-state index contributed by atoms with van der Waals surface area (Å²) in [4.78, 5) is 4.67. The van der Waals surface area contributed by atoms with Gasteiger partial charge in [-0.1, -0.05) is 32.4 Å². The van der Waals surface area contributed by atoms with Crippen LogP contribution >= 0.6 is 11.3 Å². The molecule has 0 aliphatic heterocycles. The summed E-state index contributed by atoms with van der Waals surface area (Å²) in [6.45, 7) is 6.55. The summed E-state index contributed by atoms with van der Waals surface area (Å²) in [5, 5.41) is 12.7. The Bertz CT molecular complexity index is 400. The van der Waals surface area contributed by atoms with Gasteiger partial charge in [0, 0.05) is 17.2 Å². The van der Waals surface area contributed by atoms with Gasteiger partial charge in [-0.25, -0.2) is 4.98 Å². The highest BCUT2D eigenvalue weighted by molar-refractivity contribution is 7.09. The molecule has 1 aromatic heterocycles. The van der Waals surface area contributed by atoms with Gasteiger partial charge in [-0.3, -0.25) is 0 Å². The van der Waals surface area contributed by atoms with Crippen LogP contribution in [-0.2, 0) is 11.8 Å². The molecule has 3 heteroatoms. The normalized spacial score (nSPS) is 21.2. The molecule has 1 heterocycles. The molecule has 1 aliphatic rings. The lowest BCUT2D eigenvalue weighted by Crippen LogP contribution is -2.11. The molecule has 1 aliphatic carbocycles. The molecule has 88 valence electrons. The predicted octanol–water partition coefficient (Wildman–Crippen LogP) is 3.06.